The summed E-state index contributed by atoms with van der Waals surface area (Å²) in [5, 5.41) is 11.7. The zero-order valence-electron chi connectivity index (χ0n) is 39.9. The number of carbonyl (C=O) groups is 1. The second kappa shape index (κ2) is 16.4. The number of ether oxygens (including phenoxy) is 6. The number of likely N-dealkylation sites (N-methyl/N-ethyl adjacent to an activating group) is 2. The van der Waals surface area contributed by atoms with Crippen LogP contribution in [-0.2, 0) is 37.9 Å². The Morgan fingerprint density at radius 1 is 0.797 bits per heavy atom. The summed E-state index contributed by atoms with van der Waals surface area (Å²) in [6.07, 6.45) is 17.4. The van der Waals surface area contributed by atoms with Gasteiger partial charge in [-0.05, 0) is 109 Å². The Kier molecular flexibility index (Phi) is 12.4. The molecule has 12 heteroatoms. The number of nitrogens with zero attached hydrogens (tertiary/aromatic N) is 2. The average molecular weight is 1000 g/mol. The second-order valence-corrected chi connectivity index (χ2v) is 20.7. The third kappa shape index (κ3) is 5.57. The number of piperidine rings is 2. The van der Waals surface area contributed by atoms with E-state index in [1.54, 1.807) is 35.4 Å². The molecule has 344 valence electrons. The molecule has 0 aromatic heterocycles. The van der Waals surface area contributed by atoms with Crippen molar-refractivity contribution in [2.24, 2.45) is 22.7 Å². The Hall–Kier alpha value is -1.91. The SMILES string of the molecule is CCCC(C)(O)[C@H]1C[C@@]23C=C[C@]1(OC)[C@@H]1Oc4c(OC)ccc5c4[C@@]12CCN(C)[C@@H]3C5.COc1ccc2c3c1O[C@H]1[C@@]4(OC)C=C[C@@]5(C[C@@H]4C(C)=O)[C@@H](C2)N(C)CC[C@]315.[CH2-]CC.[I-].[Mg+2]. The summed E-state index contributed by atoms with van der Waals surface area (Å²) in [6.45, 7) is 13.4. The molecule has 12 aliphatic rings. The van der Waals surface area contributed by atoms with E-state index in [0.29, 0.717) is 12.1 Å². The van der Waals surface area contributed by atoms with Crippen molar-refractivity contribution >= 4 is 28.8 Å². The summed E-state index contributed by atoms with van der Waals surface area (Å²) in [5.41, 5.74) is 2.80. The minimum absolute atomic E-state index is 0. The van der Waals surface area contributed by atoms with Crippen LogP contribution in [0.15, 0.2) is 48.6 Å². The van der Waals surface area contributed by atoms with Crippen LogP contribution in [0.2, 0.25) is 0 Å². The molecular formula is C52H69IMgN2O8. The minimum atomic E-state index is -0.820. The van der Waals surface area contributed by atoms with Crippen molar-refractivity contribution in [3.05, 3.63) is 77.7 Å². The van der Waals surface area contributed by atoms with Crippen molar-refractivity contribution in [2.75, 3.05) is 55.6 Å². The van der Waals surface area contributed by atoms with Crippen LogP contribution in [0.5, 0.6) is 23.0 Å². The fraction of sp³-hybridized carbons (Fsp3) is 0.654. The van der Waals surface area contributed by atoms with E-state index in [4.69, 9.17) is 28.4 Å². The van der Waals surface area contributed by atoms with Crippen LogP contribution in [0.4, 0.5) is 0 Å². The van der Waals surface area contributed by atoms with E-state index >= 15 is 0 Å². The van der Waals surface area contributed by atoms with Gasteiger partial charge in [0.05, 0.1) is 36.6 Å². The summed E-state index contributed by atoms with van der Waals surface area (Å²) in [7, 11) is 11.5. The van der Waals surface area contributed by atoms with Gasteiger partial charge < -0.3 is 74.2 Å². The molecule has 2 aromatic carbocycles. The van der Waals surface area contributed by atoms with Crippen molar-refractivity contribution in [1.82, 2.24) is 9.80 Å². The number of likely N-dealkylation sites (tertiary alicyclic amines) is 2. The maximum absolute atomic E-state index is 12.8. The Bertz CT molecular complexity index is 2250. The third-order valence-electron chi connectivity index (χ3n) is 18.6. The van der Waals surface area contributed by atoms with Crippen molar-refractivity contribution in [1.29, 1.82) is 0 Å². The molecule has 64 heavy (non-hydrogen) atoms. The van der Waals surface area contributed by atoms with Gasteiger partial charge in [-0.2, -0.15) is 6.42 Å². The van der Waals surface area contributed by atoms with Gasteiger partial charge in [0.2, 0.25) is 0 Å². The molecule has 4 aliphatic heterocycles. The Morgan fingerprint density at radius 3 is 1.69 bits per heavy atom. The Balaban J connectivity index is 0.000000161. The van der Waals surface area contributed by atoms with Gasteiger partial charge in [0.15, 0.2) is 23.0 Å². The molecule has 0 radical (unpaired) electrons. The number of aliphatic hydroxyl groups is 1. The molecule has 4 spiro atoms. The molecular weight excluding hydrogens is 932 g/mol. The molecule has 10 nitrogen and oxygen atoms in total. The first-order valence-electron chi connectivity index (χ1n) is 23.4. The number of methoxy groups -OCH3 is 4. The smallest absolute Gasteiger partial charge is 1.00 e. The summed E-state index contributed by atoms with van der Waals surface area (Å²) < 4.78 is 37.8. The van der Waals surface area contributed by atoms with Gasteiger partial charge in [0.25, 0.3) is 0 Å². The van der Waals surface area contributed by atoms with Crippen LogP contribution in [0.3, 0.4) is 0 Å². The molecule has 4 heterocycles. The standard InChI is InChI=1S/C26H35NO4.C23H27NO4.C3H7.HI.Mg/c1-6-9-23(2,28)18-15-24-10-11-26(18,30-5)22-25(24)12-13-27(3)19(24)14-16-7-8-17(29-4)21(31-22)20(16)25;1-13(25)15-12-21-7-8-23(15,27-4)20-22(21)9-10-24(2)17(21)11-14-5-6-16(26-3)19(28-20)18(14)22;1-3-2;;/h7-8,10-11,18-19,22,28H,6,9,12-15H2,1-5H3;5-8,15,17,20H,9-12H2,1-4H3;1,3H2,2H3;1H;/q;;-1;;+2/p-1/t18-,19-,22-,23?,24-,25+,26-;15-,17-,20-,21-,22+,23-;;;/m11.../s1. The number of carbonyl (C=O) groups excluding carboxylic acids is 1. The van der Waals surface area contributed by atoms with Gasteiger partial charge in [0.1, 0.15) is 29.2 Å². The number of rotatable bonds is 8. The molecule has 2 saturated carbocycles. The van der Waals surface area contributed by atoms with Crippen LogP contribution in [0.25, 0.3) is 0 Å². The largest absolute Gasteiger partial charge is 2.00 e. The molecule has 1 unspecified atom stereocenters. The normalized spacial score (nSPS) is 40.6. The summed E-state index contributed by atoms with van der Waals surface area (Å²) >= 11 is 0. The molecule has 13 atom stereocenters. The Labute approximate surface area is 414 Å². The fourth-order valence-corrected chi connectivity index (χ4v) is 16.3. The van der Waals surface area contributed by atoms with Gasteiger partial charge in [-0.3, -0.25) is 4.79 Å². The molecule has 8 bridgehead atoms. The topological polar surface area (TPSA) is 99.2 Å². The third-order valence-corrected chi connectivity index (χ3v) is 18.6. The number of hydrogen-bond acceptors (Lipinski definition) is 10. The predicted molar refractivity (Wildman–Crippen MR) is 244 cm³/mol. The van der Waals surface area contributed by atoms with Crippen molar-refractivity contribution < 1.29 is 62.3 Å². The van der Waals surface area contributed by atoms with Gasteiger partial charge in [0, 0.05) is 54.2 Å². The van der Waals surface area contributed by atoms with Crippen molar-refractivity contribution in [3.63, 3.8) is 0 Å². The number of ketones is 1. The number of Topliss-reactive ketones (excluding diaryl/α,β-unsaturated/α-hetero) is 1. The van der Waals surface area contributed by atoms with E-state index in [1.165, 1.54) is 22.3 Å². The maximum atomic E-state index is 12.8. The molecule has 14 rings (SSSR count). The molecule has 2 aromatic rings. The van der Waals surface area contributed by atoms with Gasteiger partial charge in [-0.1, -0.05) is 56.7 Å². The zero-order valence-corrected chi connectivity index (χ0v) is 43.4. The van der Waals surface area contributed by atoms with Gasteiger partial charge in [-0.25, -0.2) is 0 Å². The van der Waals surface area contributed by atoms with Crippen molar-refractivity contribution in [3.8, 4) is 23.0 Å². The number of benzene rings is 2. The van der Waals surface area contributed by atoms with E-state index < -0.39 is 16.8 Å². The van der Waals surface area contributed by atoms with Crippen LogP contribution >= 0.6 is 0 Å². The van der Waals surface area contributed by atoms with Gasteiger partial charge in [-0.15, -0.1) is 0 Å². The van der Waals surface area contributed by atoms with E-state index in [-0.39, 0.29) is 98.5 Å². The average Bonchev–Trinajstić information content (AvgIpc) is 3.83. The fourth-order valence-electron chi connectivity index (χ4n) is 16.3. The number of fused-ring (bicyclic) bond motifs is 2. The molecule has 8 aliphatic carbocycles. The van der Waals surface area contributed by atoms with Crippen LogP contribution in [0, 0.1) is 29.6 Å². The van der Waals surface area contributed by atoms with E-state index in [1.807, 2.05) is 19.9 Å². The summed E-state index contributed by atoms with van der Waals surface area (Å²) in [5.74, 6) is 3.39. The first-order chi connectivity index (χ1) is 29.7. The first kappa shape index (κ1) is 48.5. The second-order valence-electron chi connectivity index (χ2n) is 20.7. The number of halogens is 1. The van der Waals surface area contributed by atoms with Crippen LogP contribution in [-0.4, -0.2) is 140 Å². The van der Waals surface area contributed by atoms with E-state index in [2.05, 4.69) is 80.2 Å². The molecule has 2 saturated heterocycles. The molecule has 0 amide bonds. The predicted octanol–water partition coefficient (Wildman–Crippen LogP) is 3.82. The Morgan fingerprint density at radius 2 is 1.25 bits per heavy atom. The summed E-state index contributed by atoms with van der Waals surface area (Å²) in [6, 6.07) is 9.33. The number of hydrogen-bond donors (Lipinski definition) is 1. The van der Waals surface area contributed by atoms with Gasteiger partial charge >= 0.3 is 23.1 Å². The maximum Gasteiger partial charge on any atom is 2.00 e. The first-order valence-corrected chi connectivity index (χ1v) is 23.4. The van der Waals surface area contributed by atoms with E-state index in [9.17, 15) is 9.90 Å². The molecule has 1 N–H and O–H groups in total. The van der Waals surface area contributed by atoms with Crippen LogP contribution in [0.1, 0.15) is 94.9 Å². The zero-order chi connectivity index (χ0) is 44.0. The minimum Gasteiger partial charge on any atom is -1.00 e. The monoisotopic (exact) mass is 1000 g/mol. The van der Waals surface area contributed by atoms with E-state index in [0.717, 1.165) is 93.9 Å². The quantitative estimate of drug-likeness (QED) is 0.182. The van der Waals surface area contributed by atoms with Crippen LogP contribution < -0.4 is 42.9 Å². The van der Waals surface area contributed by atoms with Crippen molar-refractivity contribution in [2.45, 2.75) is 137 Å². The summed E-state index contributed by atoms with van der Waals surface area (Å²) in [4.78, 5) is 17.9. The molecule has 4 fully saturated rings.